The van der Waals surface area contributed by atoms with Crippen molar-refractivity contribution in [1.82, 2.24) is 10.2 Å². The van der Waals surface area contributed by atoms with Gasteiger partial charge in [0.05, 0.1) is 19.8 Å². The van der Waals surface area contributed by atoms with Gasteiger partial charge in [-0.1, -0.05) is 6.07 Å². The van der Waals surface area contributed by atoms with Crippen LogP contribution in [0, 0.1) is 0 Å². The lowest BCUT2D eigenvalue weighted by atomic mass is 10.0. The minimum Gasteiger partial charge on any atom is -0.378 e. The van der Waals surface area contributed by atoms with E-state index in [1.54, 1.807) is 25.1 Å². The number of ether oxygens (including phenoxy) is 2. The first kappa shape index (κ1) is 21.9. The Balaban J connectivity index is 1.64. The molecule has 30 heavy (non-hydrogen) atoms. The zero-order valence-corrected chi connectivity index (χ0v) is 16.8. The molecule has 1 fully saturated rings. The lowest BCUT2D eigenvalue weighted by Crippen LogP contribution is -2.52. The number of amides is 4. The molecule has 0 spiro atoms. The Labute approximate surface area is 174 Å². The maximum absolute atomic E-state index is 12.8. The van der Waals surface area contributed by atoms with Gasteiger partial charge in [0.1, 0.15) is 12.1 Å². The van der Waals surface area contributed by atoms with E-state index in [2.05, 4.69) is 10.6 Å². The molecule has 2 heterocycles. The number of benzene rings is 1. The number of rotatable bonds is 9. The van der Waals surface area contributed by atoms with Gasteiger partial charge in [-0.05, 0) is 25.5 Å². The van der Waals surface area contributed by atoms with Crippen LogP contribution in [0.4, 0.5) is 5.69 Å². The highest BCUT2D eigenvalue weighted by molar-refractivity contribution is 6.07. The SMILES string of the molecule is CC(OCCOCCN)C(=O)Nc1cccc2c1CN(C1CCC(=O)NC1=O)C2=O. The van der Waals surface area contributed by atoms with Crippen LogP contribution in [0.5, 0.6) is 0 Å². The summed E-state index contributed by atoms with van der Waals surface area (Å²) >= 11 is 0. The van der Waals surface area contributed by atoms with Gasteiger partial charge in [-0.15, -0.1) is 0 Å². The number of anilines is 1. The van der Waals surface area contributed by atoms with Crippen LogP contribution in [-0.2, 0) is 30.4 Å². The highest BCUT2D eigenvalue weighted by Gasteiger charge is 2.40. The number of nitrogens with two attached hydrogens (primary N) is 1. The van der Waals surface area contributed by atoms with Crippen molar-refractivity contribution in [3.8, 4) is 0 Å². The number of piperidine rings is 1. The highest BCUT2D eigenvalue weighted by atomic mass is 16.5. The van der Waals surface area contributed by atoms with Crippen LogP contribution in [0.3, 0.4) is 0 Å². The topological polar surface area (TPSA) is 140 Å². The lowest BCUT2D eigenvalue weighted by molar-refractivity contribution is -0.137. The zero-order chi connectivity index (χ0) is 21.7. The third kappa shape index (κ3) is 4.84. The summed E-state index contributed by atoms with van der Waals surface area (Å²) in [5.41, 5.74) is 6.90. The maximum atomic E-state index is 12.8. The second kappa shape index (κ2) is 9.79. The number of nitrogens with zero attached hydrogens (tertiary/aromatic N) is 1. The van der Waals surface area contributed by atoms with Crippen LogP contribution < -0.4 is 16.4 Å². The van der Waals surface area contributed by atoms with E-state index in [0.717, 1.165) is 0 Å². The fraction of sp³-hybridized carbons (Fsp3) is 0.500. The van der Waals surface area contributed by atoms with Crippen molar-refractivity contribution in [3.63, 3.8) is 0 Å². The first-order chi connectivity index (χ1) is 14.4. The van der Waals surface area contributed by atoms with Gasteiger partial charge in [-0.25, -0.2) is 0 Å². The van der Waals surface area contributed by atoms with Crippen LogP contribution in [0.15, 0.2) is 18.2 Å². The molecule has 162 valence electrons. The van der Waals surface area contributed by atoms with Crippen molar-refractivity contribution in [2.75, 3.05) is 31.7 Å². The van der Waals surface area contributed by atoms with Crippen LogP contribution in [-0.4, -0.2) is 67.0 Å². The normalized spacial score (nSPS) is 19.5. The van der Waals surface area contributed by atoms with E-state index in [1.165, 1.54) is 4.90 Å². The molecule has 1 aromatic rings. The fourth-order valence-corrected chi connectivity index (χ4v) is 3.48. The van der Waals surface area contributed by atoms with Crippen LogP contribution in [0.1, 0.15) is 35.7 Å². The summed E-state index contributed by atoms with van der Waals surface area (Å²) in [6.45, 7) is 3.25. The molecule has 0 bridgehead atoms. The molecule has 2 aliphatic rings. The van der Waals surface area contributed by atoms with E-state index in [1.807, 2.05) is 0 Å². The standard InChI is InChI=1S/C20H26N4O6/c1-12(30-10-9-29-8-7-21)18(26)22-15-4-2-3-13-14(15)11-24(20(13)28)16-5-6-17(25)23-19(16)27/h2-4,12,16H,5-11,21H2,1H3,(H,22,26)(H,23,25,27). The lowest BCUT2D eigenvalue weighted by Gasteiger charge is -2.29. The Morgan fingerprint density at radius 2 is 2.10 bits per heavy atom. The molecular weight excluding hydrogens is 392 g/mol. The average molecular weight is 418 g/mol. The molecule has 2 atom stereocenters. The summed E-state index contributed by atoms with van der Waals surface area (Å²) in [7, 11) is 0. The molecule has 0 saturated carbocycles. The van der Waals surface area contributed by atoms with Gasteiger partial charge in [-0.2, -0.15) is 0 Å². The van der Waals surface area contributed by atoms with E-state index in [4.69, 9.17) is 15.2 Å². The molecule has 4 amide bonds. The third-order valence-electron chi connectivity index (χ3n) is 5.07. The second-order valence-electron chi connectivity index (χ2n) is 7.13. The summed E-state index contributed by atoms with van der Waals surface area (Å²) in [6.07, 6.45) is -0.252. The minimum atomic E-state index is -0.717. The number of hydrogen-bond donors (Lipinski definition) is 3. The molecule has 10 nitrogen and oxygen atoms in total. The van der Waals surface area contributed by atoms with E-state index in [0.29, 0.717) is 36.6 Å². The largest absolute Gasteiger partial charge is 0.378 e. The smallest absolute Gasteiger partial charge is 0.255 e. The summed E-state index contributed by atoms with van der Waals surface area (Å²) in [6, 6.07) is 4.33. The predicted molar refractivity (Wildman–Crippen MR) is 106 cm³/mol. The first-order valence-electron chi connectivity index (χ1n) is 9.89. The van der Waals surface area contributed by atoms with E-state index in [9.17, 15) is 19.2 Å². The number of fused-ring (bicyclic) bond motifs is 1. The van der Waals surface area contributed by atoms with Crippen LogP contribution >= 0.6 is 0 Å². The molecule has 4 N–H and O–H groups in total. The van der Waals surface area contributed by atoms with Crippen LogP contribution in [0.2, 0.25) is 0 Å². The minimum absolute atomic E-state index is 0.180. The Morgan fingerprint density at radius 1 is 1.30 bits per heavy atom. The molecule has 3 rings (SSSR count). The molecule has 0 aromatic heterocycles. The Morgan fingerprint density at radius 3 is 2.83 bits per heavy atom. The van der Waals surface area contributed by atoms with Gasteiger partial charge in [0, 0.05) is 36.3 Å². The zero-order valence-electron chi connectivity index (χ0n) is 16.8. The van der Waals surface area contributed by atoms with Crippen molar-refractivity contribution in [3.05, 3.63) is 29.3 Å². The molecule has 1 aromatic carbocycles. The average Bonchev–Trinajstić information content (AvgIpc) is 3.05. The summed E-state index contributed by atoms with van der Waals surface area (Å²) in [4.78, 5) is 50.3. The third-order valence-corrected chi connectivity index (χ3v) is 5.07. The van der Waals surface area contributed by atoms with Crippen molar-refractivity contribution >= 4 is 29.3 Å². The maximum Gasteiger partial charge on any atom is 0.255 e. The first-order valence-corrected chi connectivity index (χ1v) is 9.89. The molecule has 2 aliphatic heterocycles. The van der Waals surface area contributed by atoms with Gasteiger partial charge in [0.15, 0.2) is 0 Å². The molecule has 2 unspecified atom stereocenters. The predicted octanol–water partition coefficient (Wildman–Crippen LogP) is -0.233. The van der Waals surface area contributed by atoms with E-state index >= 15 is 0 Å². The molecule has 1 saturated heterocycles. The van der Waals surface area contributed by atoms with Crippen molar-refractivity contribution in [2.24, 2.45) is 5.73 Å². The number of carbonyl (C=O) groups is 4. The molecule has 0 aliphatic carbocycles. The van der Waals surface area contributed by atoms with E-state index in [-0.39, 0.29) is 43.7 Å². The van der Waals surface area contributed by atoms with E-state index < -0.39 is 18.1 Å². The molecule has 10 heteroatoms. The fourth-order valence-electron chi connectivity index (χ4n) is 3.48. The Kier molecular flexibility index (Phi) is 7.14. The van der Waals surface area contributed by atoms with Gasteiger partial charge in [0.25, 0.3) is 11.8 Å². The number of nitrogens with one attached hydrogen (secondary N) is 2. The summed E-state index contributed by atoms with van der Waals surface area (Å²) < 4.78 is 10.7. The number of hydrogen-bond acceptors (Lipinski definition) is 7. The highest BCUT2D eigenvalue weighted by Crippen LogP contribution is 2.32. The van der Waals surface area contributed by atoms with Gasteiger partial charge >= 0.3 is 0 Å². The van der Waals surface area contributed by atoms with Gasteiger partial charge in [-0.3, -0.25) is 24.5 Å². The quantitative estimate of drug-likeness (QED) is 0.372. The monoisotopic (exact) mass is 418 g/mol. The van der Waals surface area contributed by atoms with Gasteiger partial charge in [0.2, 0.25) is 11.8 Å². The summed E-state index contributed by atoms with van der Waals surface area (Å²) in [5, 5.41) is 5.07. The number of carbonyl (C=O) groups excluding carboxylic acids is 4. The van der Waals surface area contributed by atoms with Crippen molar-refractivity contribution in [2.45, 2.75) is 38.5 Å². The second-order valence-corrected chi connectivity index (χ2v) is 7.13. The molecular formula is C20H26N4O6. The Hall–Kier alpha value is -2.82. The van der Waals surface area contributed by atoms with Gasteiger partial charge < -0.3 is 25.4 Å². The Bertz CT molecular complexity index is 843. The van der Waals surface area contributed by atoms with Crippen molar-refractivity contribution in [1.29, 1.82) is 0 Å². The molecule has 0 radical (unpaired) electrons. The summed E-state index contributed by atoms with van der Waals surface area (Å²) in [5.74, 6) is -1.46. The van der Waals surface area contributed by atoms with Crippen LogP contribution in [0.25, 0.3) is 0 Å². The number of imide groups is 1. The van der Waals surface area contributed by atoms with Crippen molar-refractivity contribution < 1.29 is 28.7 Å².